The Hall–Kier alpha value is -5.74. The fourth-order valence-corrected chi connectivity index (χ4v) is 4.59. The minimum Gasteiger partial charge on any atom is -0.469 e. The summed E-state index contributed by atoms with van der Waals surface area (Å²) in [6.07, 6.45) is -1.95. The van der Waals surface area contributed by atoms with Gasteiger partial charge in [-0.2, -0.15) is 0 Å². The zero-order chi connectivity index (χ0) is 49.0. The van der Waals surface area contributed by atoms with Crippen LogP contribution in [-0.2, 0) is 87.5 Å². The van der Waals surface area contributed by atoms with Gasteiger partial charge in [0.2, 0.25) is 29.5 Å². The van der Waals surface area contributed by atoms with Crippen molar-refractivity contribution in [2.45, 2.75) is 19.1 Å². The number of esters is 1. The maximum atomic E-state index is 12.9. The molecular formula is C41H67N7O19. The van der Waals surface area contributed by atoms with Gasteiger partial charge in [-0.15, -0.1) is 0 Å². The summed E-state index contributed by atoms with van der Waals surface area (Å²) in [5.74, 6) is -4.39. The first-order chi connectivity index (χ1) is 32.5. The average Bonchev–Trinajstić information content (AvgIpc) is 3.33. The first kappa shape index (κ1) is 59.3. The SMILES string of the molecule is COCCOCCOCCOCCOCCOCCOCCOCCNC(=O)[C@H](COC(=O)NCCC(=O)OC)NC(=O)CNC(=O)CNC(=O)CNC(=O)CNC(=O)OCc1ccccc1. The third-order valence-corrected chi connectivity index (χ3v) is 8.01. The number of nitrogens with one attached hydrogen (secondary N) is 7. The van der Waals surface area contributed by atoms with Crippen molar-refractivity contribution in [3.05, 3.63) is 35.9 Å². The summed E-state index contributed by atoms with van der Waals surface area (Å²) >= 11 is 0. The Morgan fingerprint density at radius 1 is 0.463 bits per heavy atom. The highest BCUT2D eigenvalue weighted by Crippen LogP contribution is 2.00. The summed E-state index contributed by atoms with van der Waals surface area (Å²) in [5.41, 5.74) is 0.751. The van der Waals surface area contributed by atoms with Gasteiger partial charge in [-0.3, -0.25) is 28.8 Å². The number of carbonyl (C=O) groups excluding carboxylic acids is 8. The molecule has 0 radical (unpaired) electrons. The number of ether oxygens (including phenoxy) is 11. The van der Waals surface area contributed by atoms with Crippen LogP contribution in [0.4, 0.5) is 9.59 Å². The molecule has 1 aromatic carbocycles. The molecule has 380 valence electrons. The van der Waals surface area contributed by atoms with E-state index < -0.39 is 86.5 Å². The second kappa shape index (κ2) is 41.7. The Labute approximate surface area is 389 Å². The molecule has 0 spiro atoms. The van der Waals surface area contributed by atoms with E-state index in [2.05, 4.69) is 42.0 Å². The summed E-state index contributed by atoms with van der Waals surface area (Å²) < 4.78 is 57.3. The van der Waals surface area contributed by atoms with E-state index >= 15 is 0 Å². The van der Waals surface area contributed by atoms with Crippen LogP contribution in [0.3, 0.4) is 0 Å². The van der Waals surface area contributed by atoms with Gasteiger partial charge in [-0.1, -0.05) is 30.3 Å². The van der Waals surface area contributed by atoms with E-state index in [0.717, 1.165) is 5.56 Å². The smallest absolute Gasteiger partial charge is 0.407 e. The van der Waals surface area contributed by atoms with Crippen LogP contribution in [0.1, 0.15) is 12.0 Å². The molecule has 0 heterocycles. The van der Waals surface area contributed by atoms with E-state index in [4.69, 9.17) is 47.4 Å². The van der Waals surface area contributed by atoms with Crippen molar-refractivity contribution in [1.82, 2.24) is 37.2 Å². The molecule has 26 heteroatoms. The maximum absolute atomic E-state index is 12.9. The van der Waals surface area contributed by atoms with Crippen molar-refractivity contribution < 1.29 is 90.5 Å². The summed E-state index contributed by atoms with van der Waals surface area (Å²) in [6, 6.07) is 7.47. The molecule has 26 nitrogen and oxygen atoms in total. The predicted molar refractivity (Wildman–Crippen MR) is 232 cm³/mol. The molecule has 0 unspecified atom stereocenters. The number of alkyl carbamates (subject to hydrolysis) is 2. The molecule has 7 amide bonds. The second-order valence-corrected chi connectivity index (χ2v) is 13.3. The van der Waals surface area contributed by atoms with Crippen LogP contribution in [0.25, 0.3) is 0 Å². The Bertz CT molecular complexity index is 1550. The predicted octanol–water partition coefficient (Wildman–Crippen LogP) is -3.09. The minimum absolute atomic E-state index is 0.000449. The number of hydrogen-bond donors (Lipinski definition) is 7. The van der Waals surface area contributed by atoms with Gasteiger partial charge in [0, 0.05) is 20.2 Å². The highest BCUT2D eigenvalue weighted by atomic mass is 16.6. The van der Waals surface area contributed by atoms with Crippen molar-refractivity contribution in [2.75, 3.05) is 159 Å². The zero-order valence-corrected chi connectivity index (χ0v) is 38.2. The van der Waals surface area contributed by atoms with Crippen LogP contribution in [-0.4, -0.2) is 213 Å². The van der Waals surface area contributed by atoms with Crippen molar-refractivity contribution >= 4 is 47.7 Å². The van der Waals surface area contributed by atoms with Gasteiger partial charge in [0.25, 0.3) is 0 Å². The van der Waals surface area contributed by atoms with Crippen molar-refractivity contribution in [3.8, 4) is 0 Å². The third-order valence-electron chi connectivity index (χ3n) is 8.01. The quantitative estimate of drug-likeness (QED) is 0.0194. The topological polar surface area (TPSA) is 322 Å². The maximum Gasteiger partial charge on any atom is 0.407 e. The van der Waals surface area contributed by atoms with Crippen LogP contribution in [0.15, 0.2) is 30.3 Å². The fraction of sp³-hybridized carbons (Fsp3) is 0.659. The number of methoxy groups -OCH3 is 2. The molecule has 67 heavy (non-hydrogen) atoms. The van der Waals surface area contributed by atoms with E-state index in [1.54, 1.807) is 31.4 Å². The number of benzene rings is 1. The van der Waals surface area contributed by atoms with Gasteiger partial charge >= 0.3 is 18.2 Å². The molecule has 1 atom stereocenters. The van der Waals surface area contributed by atoms with Gasteiger partial charge in [0.1, 0.15) is 25.8 Å². The summed E-state index contributed by atoms with van der Waals surface area (Å²) in [6.45, 7) is 2.95. The van der Waals surface area contributed by atoms with E-state index in [0.29, 0.717) is 79.3 Å². The third kappa shape index (κ3) is 37.1. The normalized spacial score (nSPS) is 11.1. The van der Waals surface area contributed by atoms with Gasteiger partial charge in [0.15, 0.2) is 0 Å². The molecule has 0 bridgehead atoms. The largest absolute Gasteiger partial charge is 0.469 e. The van der Waals surface area contributed by atoms with Crippen molar-refractivity contribution in [2.24, 2.45) is 0 Å². The summed E-state index contributed by atoms with van der Waals surface area (Å²) in [4.78, 5) is 97.2. The lowest BCUT2D eigenvalue weighted by atomic mass is 10.2. The summed E-state index contributed by atoms with van der Waals surface area (Å²) in [7, 11) is 2.80. The molecule has 0 saturated carbocycles. The Morgan fingerprint density at radius 3 is 1.37 bits per heavy atom. The first-order valence-electron chi connectivity index (χ1n) is 21.4. The zero-order valence-electron chi connectivity index (χ0n) is 38.2. The number of amides is 7. The number of rotatable bonds is 41. The van der Waals surface area contributed by atoms with E-state index in [-0.39, 0.29) is 45.9 Å². The van der Waals surface area contributed by atoms with Crippen LogP contribution >= 0.6 is 0 Å². The number of hydrogen-bond acceptors (Lipinski definition) is 19. The molecule has 0 fully saturated rings. The summed E-state index contributed by atoms with van der Waals surface area (Å²) in [5, 5.41) is 16.2. The lowest BCUT2D eigenvalue weighted by Crippen LogP contribution is -2.53. The Kier molecular flexibility index (Phi) is 36.9. The standard InChI is InChI=1S/C41H67N7O19/c1-57-12-13-60-16-17-62-20-21-64-24-25-65-23-22-63-19-18-61-15-14-59-11-10-42-39(54)33(31-67-40(55)43-9-8-38(53)58-2)48-37(52)29-46-35(50)27-44-34(49)26-45-36(51)28-47-41(56)66-30-32-6-4-3-5-7-32/h3-7,33H,8-31H2,1-2H3,(H,42,54)(H,43,55)(H,44,49)(H,45,51)(H,46,50)(H,47,56)(H,48,52)/t33-/m0/s1. The average molecular weight is 962 g/mol. The van der Waals surface area contributed by atoms with Crippen LogP contribution in [0.2, 0.25) is 0 Å². The fourth-order valence-electron chi connectivity index (χ4n) is 4.59. The van der Waals surface area contributed by atoms with Crippen molar-refractivity contribution in [1.29, 1.82) is 0 Å². The lowest BCUT2D eigenvalue weighted by molar-refractivity contribution is -0.140. The Balaban J connectivity index is 2.25. The van der Waals surface area contributed by atoms with Crippen LogP contribution < -0.4 is 37.2 Å². The van der Waals surface area contributed by atoms with E-state index in [9.17, 15) is 38.4 Å². The first-order valence-corrected chi connectivity index (χ1v) is 21.4. The van der Waals surface area contributed by atoms with Crippen molar-refractivity contribution in [3.63, 3.8) is 0 Å². The van der Waals surface area contributed by atoms with Gasteiger partial charge in [-0.05, 0) is 5.56 Å². The molecular weight excluding hydrogens is 894 g/mol. The van der Waals surface area contributed by atoms with E-state index in [1.807, 2.05) is 6.07 Å². The second-order valence-electron chi connectivity index (χ2n) is 13.3. The van der Waals surface area contributed by atoms with Crippen LogP contribution in [0, 0.1) is 0 Å². The molecule has 0 aromatic heterocycles. The molecule has 7 N–H and O–H groups in total. The number of carbonyl (C=O) groups is 8. The molecule has 0 aliphatic carbocycles. The molecule has 0 saturated heterocycles. The van der Waals surface area contributed by atoms with Gasteiger partial charge < -0.3 is 89.3 Å². The van der Waals surface area contributed by atoms with Crippen LogP contribution in [0.5, 0.6) is 0 Å². The minimum atomic E-state index is -1.41. The Morgan fingerprint density at radius 2 is 0.896 bits per heavy atom. The lowest BCUT2D eigenvalue weighted by Gasteiger charge is -2.19. The molecule has 0 aliphatic rings. The van der Waals surface area contributed by atoms with Gasteiger partial charge in [0.05, 0.1) is 132 Å². The highest BCUT2D eigenvalue weighted by Gasteiger charge is 2.23. The van der Waals surface area contributed by atoms with Gasteiger partial charge in [-0.25, -0.2) is 9.59 Å². The molecule has 0 aliphatic heterocycles. The highest BCUT2D eigenvalue weighted by molar-refractivity contribution is 5.92. The molecule has 1 aromatic rings. The van der Waals surface area contributed by atoms with E-state index in [1.165, 1.54) is 7.11 Å². The monoisotopic (exact) mass is 961 g/mol. The molecule has 1 rings (SSSR count).